The van der Waals surface area contributed by atoms with E-state index in [2.05, 4.69) is 12.2 Å². The van der Waals surface area contributed by atoms with E-state index < -0.39 is 0 Å². The molecule has 1 aliphatic heterocycles. The fraction of sp³-hybridized carbons (Fsp3) is 0.545. The third-order valence-corrected chi connectivity index (χ3v) is 4.18. The highest BCUT2D eigenvalue weighted by Crippen LogP contribution is 2.29. The van der Waals surface area contributed by atoms with Crippen molar-refractivity contribution < 1.29 is 4.79 Å². The van der Waals surface area contributed by atoms with E-state index in [1.54, 1.807) is 0 Å². The van der Waals surface area contributed by atoms with Crippen LogP contribution in [0, 0.1) is 11.8 Å². The molecule has 82 valence electrons. The van der Waals surface area contributed by atoms with Gasteiger partial charge in [0.25, 0.3) is 0 Å². The first-order valence-corrected chi connectivity index (χ1v) is 6.44. The molecule has 2 nitrogen and oxygen atoms in total. The summed E-state index contributed by atoms with van der Waals surface area (Å²) in [6.07, 6.45) is 0.923. The molecule has 2 atom stereocenters. The maximum atomic E-state index is 12.2. The maximum Gasteiger partial charge on any atom is 0.168 e. The number of piperidine rings is 1. The van der Waals surface area contributed by atoms with Crippen molar-refractivity contribution in [1.29, 1.82) is 0 Å². The minimum Gasteiger partial charge on any atom is -0.316 e. The van der Waals surface area contributed by atoms with Crippen molar-refractivity contribution in [1.82, 2.24) is 5.32 Å². The number of ketones is 1. The van der Waals surface area contributed by atoms with E-state index in [1.165, 1.54) is 11.3 Å². The van der Waals surface area contributed by atoms with Gasteiger partial charge in [0.05, 0.1) is 0 Å². The average Bonchev–Trinajstić information content (AvgIpc) is 2.64. The summed E-state index contributed by atoms with van der Waals surface area (Å²) in [6.45, 7) is 3.98. The molecule has 0 saturated carbocycles. The Hall–Kier alpha value is -0.380. The molecular formula is C11H14ClNOS. The zero-order valence-electron chi connectivity index (χ0n) is 8.63. The van der Waals surface area contributed by atoms with Gasteiger partial charge in [0.2, 0.25) is 0 Å². The van der Waals surface area contributed by atoms with Crippen LogP contribution in [0.1, 0.15) is 23.7 Å². The number of nitrogens with one attached hydrogen (secondary N) is 1. The molecule has 0 amide bonds. The van der Waals surface area contributed by atoms with Crippen molar-refractivity contribution in [2.24, 2.45) is 11.8 Å². The molecular weight excluding hydrogens is 230 g/mol. The zero-order valence-corrected chi connectivity index (χ0v) is 10.2. The fourth-order valence-electron chi connectivity index (χ4n) is 2.07. The summed E-state index contributed by atoms with van der Waals surface area (Å²) in [6, 6.07) is 1.84. The van der Waals surface area contributed by atoms with Crippen molar-refractivity contribution in [3.05, 3.63) is 21.3 Å². The summed E-state index contributed by atoms with van der Waals surface area (Å²) >= 11 is 7.41. The molecule has 1 fully saturated rings. The summed E-state index contributed by atoms with van der Waals surface area (Å²) in [7, 11) is 0. The Bertz CT molecular complexity index is 363. The summed E-state index contributed by atoms with van der Waals surface area (Å²) < 4.78 is 0.630. The first kappa shape index (κ1) is 11.1. The van der Waals surface area contributed by atoms with Crippen LogP contribution >= 0.6 is 22.9 Å². The maximum absolute atomic E-state index is 12.2. The van der Waals surface area contributed by atoms with Crippen LogP contribution in [0.2, 0.25) is 4.34 Å². The monoisotopic (exact) mass is 243 g/mol. The van der Waals surface area contributed by atoms with E-state index in [-0.39, 0.29) is 11.7 Å². The Labute approximate surface area is 98.6 Å². The Morgan fingerprint density at radius 2 is 2.47 bits per heavy atom. The third kappa shape index (κ3) is 2.25. The zero-order chi connectivity index (χ0) is 10.8. The van der Waals surface area contributed by atoms with Gasteiger partial charge in [0.1, 0.15) is 4.34 Å². The average molecular weight is 244 g/mol. The van der Waals surface area contributed by atoms with Gasteiger partial charge in [-0.1, -0.05) is 18.5 Å². The third-order valence-electron chi connectivity index (χ3n) is 3.01. The minimum absolute atomic E-state index is 0.137. The van der Waals surface area contributed by atoms with Crippen LogP contribution in [0.5, 0.6) is 0 Å². The lowest BCUT2D eigenvalue weighted by atomic mass is 9.83. The molecule has 0 bridgehead atoms. The number of Topliss-reactive ketones (excluding diaryl/α,β-unsaturated/α-hetero) is 1. The molecule has 2 heterocycles. The van der Waals surface area contributed by atoms with Crippen LogP contribution in [-0.4, -0.2) is 18.9 Å². The molecule has 0 spiro atoms. The first-order valence-electron chi connectivity index (χ1n) is 5.18. The highest BCUT2D eigenvalue weighted by molar-refractivity contribution is 7.14. The standard InChI is InChI=1S/C11H14ClNOS/c1-7-6-13-4-2-8(7)10(14)9-3-5-15-11(9)12/h3,5,7-8,13H,2,4,6H2,1H3. The molecule has 1 aromatic heterocycles. The number of rotatable bonds is 2. The second kappa shape index (κ2) is 4.64. The number of thiophene rings is 1. The Balaban J connectivity index is 2.17. The summed E-state index contributed by atoms with van der Waals surface area (Å²) in [5, 5.41) is 5.17. The molecule has 1 saturated heterocycles. The van der Waals surface area contributed by atoms with E-state index in [0.717, 1.165) is 19.5 Å². The van der Waals surface area contributed by atoms with E-state index in [4.69, 9.17) is 11.6 Å². The van der Waals surface area contributed by atoms with Crippen LogP contribution in [0.15, 0.2) is 11.4 Å². The summed E-state index contributed by atoms with van der Waals surface area (Å²) in [4.78, 5) is 12.2. The number of halogens is 1. The minimum atomic E-state index is 0.137. The van der Waals surface area contributed by atoms with Gasteiger partial charge in [-0.05, 0) is 36.9 Å². The first-order chi connectivity index (χ1) is 7.20. The lowest BCUT2D eigenvalue weighted by molar-refractivity contribution is 0.0849. The largest absolute Gasteiger partial charge is 0.316 e. The molecule has 1 aliphatic rings. The Morgan fingerprint density at radius 3 is 3.07 bits per heavy atom. The van der Waals surface area contributed by atoms with Gasteiger partial charge in [0.15, 0.2) is 5.78 Å². The molecule has 0 aromatic carbocycles. The molecule has 1 aromatic rings. The lowest BCUT2D eigenvalue weighted by Crippen LogP contribution is -2.38. The van der Waals surface area contributed by atoms with Crippen molar-refractivity contribution in [2.75, 3.05) is 13.1 Å². The van der Waals surface area contributed by atoms with Crippen LogP contribution in [0.4, 0.5) is 0 Å². The van der Waals surface area contributed by atoms with Crippen molar-refractivity contribution in [3.63, 3.8) is 0 Å². The second-order valence-electron chi connectivity index (χ2n) is 4.05. The fourth-order valence-corrected chi connectivity index (χ4v) is 3.00. The number of carbonyl (C=O) groups excluding carboxylic acids is 1. The molecule has 0 aliphatic carbocycles. The van der Waals surface area contributed by atoms with Crippen molar-refractivity contribution >= 4 is 28.7 Å². The van der Waals surface area contributed by atoms with E-state index in [0.29, 0.717) is 15.8 Å². The quantitative estimate of drug-likeness (QED) is 0.810. The van der Waals surface area contributed by atoms with Gasteiger partial charge in [-0.25, -0.2) is 0 Å². The van der Waals surface area contributed by atoms with Crippen LogP contribution in [0.3, 0.4) is 0 Å². The highest BCUT2D eigenvalue weighted by Gasteiger charge is 2.29. The van der Waals surface area contributed by atoms with Gasteiger partial charge >= 0.3 is 0 Å². The normalized spacial score (nSPS) is 26.5. The van der Waals surface area contributed by atoms with Gasteiger partial charge in [0, 0.05) is 11.5 Å². The van der Waals surface area contributed by atoms with Gasteiger partial charge in [-0.2, -0.15) is 0 Å². The number of carbonyl (C=O) groups is 1. The molecule has 4 heteroatoms. The predicted octanol–water partition coefficient (Wildman–Crippen LogP) is 2.83. The second-order valence-corrected chi connectivity index (χ2v) is 5.57. The van der Waals surface area contributed by atoms with E-state index in [9.17, 15) is 4.79 Å². The molecule has 15 heavy (non-hydrogen) atoms. The molecule has 2 unspecified atom stereocenters. The van der Waals surface area contributed by atoms with Crippen molar-refractivity contribution in [3.8, 4) is 0 Å². The van der Waals surface area contributed by atoms with E-state index >= 15 is 0 Å². The predicted molar refractivity (Wildman–Crippen MR) is 63.8 cm³/mol. The van der Waals surface area contributed by atoms with Crippen molar-refractivity contribution in [2.45, 2.75) is 13.3 Å². The SMILES string of the molecule is CC1CNCCC1C(=O)c1ccsc1Cl. The smallest absolute Gasteiger partial charge is 0.168 e. The highest BCUT2D eigenvalue weighted by atomic mass is 35.5. The van der Waals surface area contributed by atoms with Crippen LogP contribution in [0.25, 0.3) is 0 Å². The van der Waals surface area contributed by atoms with Gasteiger partial charge in [-0.3, -0.25) is 4.79 Å². The molecule has 2 rings (SSSR count). The van der Waals surface area contributed by atoms with Crippen LogP contribution < -0.4 is 5.32 Å². The van der Waals surface area contributed by atoms with Crippen LogP contribution in [-0.2, 0) is 0 Å². The lowest BCUT2D eigenvalue weighted by Gasteiger charge is -2.28. The Kier molecular flexibility index (Phi) is 3.44. The van der Waals surface area contributed by atoms with Gasteiger partial charge in [-0.15, -0.1) is 11.3 Å². The molecule has 1 N–H and O–H groups in total. The topological polar surface area (TPSA) is 29.1 Å². The number of hydrogen-bond donors (Lipinski definition) is 1. The molecule has 0 radical (unpaired) electrons. The van der Waals surface area contributed by atoms with E-state index in [1.807, 2.05) is 11.4 Å². The van der Waals surface area contributed by atoms with Gasteiger partial charge < -0.3 is 5.32 Å². The number of hydrogen-bond acceptors (Lipinski definition) is 3. The summed E-state index contributed by atoms with van der Waals surface area (Å²) in [5.41, 5.74) is 0.709. The summed E-state index contributed by atoms with van der Waals surface area (Å²) in [5.74, 6) is 0.760. The Morgan fingerprint density at radius 1 is 1.67 bits per heavy atom.